The number of halogens is 2. The van der Waals surface area contributed by atoms with E-state index in [1.165, 1.54) is 12.3 Å². The number of carbonyl (C=O) groups is 1. The van der Waals surface area contributed by atoms with Crippen LogP contribution in [0.5, 0.6) is 0 Å². The molecule has 6 nitrogen and oxygen atoms in total. The zero-order valence-electron chi connectivity index (χ0n) is 15.4. The van der Waals surface area contributed by atoms with Crippen molar-refractivity contribution >= 4 is 17.7 Å². The van der Waals surface area contributed by atoms with E-state index in [-0.39, 0.29) is 18.2 Å². The number of rotatable bonds is 1. The molecule has 142 valence electrons. The maximum Gasteiger partial charge on any atom is 0.411 e. The largest absolute Gasteiger partial charge is 0.444 e. The van der Waals surface area contributed by atoms with Crippen molar-refractivity contribution in [1.29, 1.82) is 0 Å². The van der Waals surface area contributed by atoms with Crippen molar-refractivity contribution in [3.63, 3.8) is 0 Å². The van der Waals surface area contributed by atoms with Gasteiger partial charge in [0.25, 0.3) is 0 Å². The van der Waals surface area contributed by atoms with Crippen molar-refractivity contribution < 1.29 is 13.9 Å². The molecule has 0 aromatic carbocycles. The zero-order valence-corrected chi connectivity index (χ0v) is 16.1. The summed E-state index contributed by atoms with van der Waals surface area (Å²) in [6.07, 6.45) is 4.50. The normalized spacial score (nSPS) is 21.1. The summed E-state index contributed by atoms with van der Waals surface area (Å²) in [4.78, 5) is 27.3. The summed E-state index contributed by atoms with van der Waals surface area (Å²) in [6, 6.07) is 1.13. The number of aromatic nitrogens is 3. The van der Waals surface area contributed by atoms with Crippen molar-refractivity contribution in [3.8, 4) is 11.4 Å². The van der Waals surface area contributed by atoms with Crippen LogP contribution in [0.3, 0.4) is 0 Å². The number of ether oxygens (including phenoxy) is 1. The monoisotopic (exact) mass is 390 g/mol. The van der Waals surface area contributed by atoms with Crippen LogP contribution in [0.15, 0.2) is 18.5 Å². The van der Waals surface area contributed by atoms with Gasteiger partial charge < -0.3 is 4.74 Å². The molecule has 2 unspecified atom stereocenters. The van der Waals surface area contributed by atoms with Crippen molar-refractivity contribution in [1.82, 2.24) is 19.9 Å². The molecule has 0 N–H and O–H groups in total. The van der Waals surface area contributed by atoms with Gasteiger partial charge in [0.1, 0.15) is 16.6 Å². The first-order valence-corrected chi connectivity index (χ1v) is 9.29. The maximum atomic E-state index is 13.5. The van der Waals surface area contributed by atoms with Crippen LogP contribution in [-0.4, -0.2) is 37.6 Å². The van der Waals surface area contributed by atoms with Gasteiger partial charge in [-0.2, -0.15) is 0 Å². The van der Waals surface area contributed by atoms with Gasteiger partial charge in [0.15, 0.2) is 5.82 Å². The smallest absolute Gasteiger partial charge is 0.411 e. The third kappa shape index (κ3) is 3.36. The van der Waals surface area contributed by atoms with E-state index in [2.05, 4.69) is 15.0 Å². The molecule has 2 aromatic rings. The molecular formula is C19H20ClFN4O2. The molecule has 2 bridgehead atoms. The highest BCUT2D eigenvalue weighted by Gasteiger charge is 2.46. The van der Waals surface area contributed by atoms with Gasteiger partial charge >= 0.3 is 6.09 Å². The lowest BCUT2D eigenvalue weighted by Crippen LogP contribution is -2.45. The molecule has 0 saturated carbocycles. The molecule has 2 aliphatic heterocycles. The van der Waals surface area contributed by atoms with E-state index >= 15 is 0 Å². The summed E-state index contributed by atoms with van der Waals surface area (Å²) in [7, 11) is 0. The van der Waals surface area contributed by atoms with E-state index in [1.54, 1.807) is 4.90 Å². The van der Waals surface area contributed by atoms with Crippen molar-refractivity contribution in [2.24, 2.45) is 0 Å². The molecule has 0 spiro atoms. The number of hydrogen-bond acceptors (Lipinski definition) is 5. The van der Waals surface area contributed by atoms with E-state index in [9.17, 15) is 9.18 Å². The predicted molar refractivity (Wildman–Crippen MR) is 97.8 cm³/mol. The summed E-state index contributed by atoms with van der Waals surface area (Å²) >= 11 is 6.43. The third-order valence-corrected chi connectivity index (χ3v) is 5.13. The van der Waals surface area contributed by atoms with Gasteiger partial charge in [-0.3, -0.25) is 9.88 Å². The van der Waals surface area contributed by atoms with Crippen molar-refractivity contribution in [3.05, 3.63) is 40.7 Å². The number of nitrogens with zero attached hydrogens (tertiary/aromatic N) is 4. The average molecular weight is 391 g/mol. The zero-order chi connectivity index (χ0) is 19.3. The fourth-order valence-electron chi connectivity index (χ4n) is 3.78. The second-order valence-corrected chi connectivity index (χ2v) is 8.29. The van der Waals surface area contributed by atoms with Crippen LogP contribution < -0.4 is 0 Å². The molecule has 2 aromatic heterocycles. The second kappa shape index (κ2) is 6.41. The average Bonchev–Trinajstić information content (AvgIpc) is 2.90. The molecule has 4 rings (SSSR count). The number of amides is 1. The van der Waals surface area contributed by atoms with E-state index in [0.717, 1.165) is 24.6 Å². The first-order valence-electron chi connectivity index (χ1n) is 8.91. The van der Waals surface area contributed by atoms with Gasteiger partial charge in [-0.25, -0.2) is 19.2 Å². The minimum atomic E-state index is -0.571. The Hall–Kier alpha value is -2.28. The molecule has 1 saturated heterocycles. The SMILES string of the molecule is CC(C)(C)OC(=O)N1C2CCC1c1nc(-c3cncc(F)c3)nc(Cl)c1C2. The highest BCUT2D eigenvalue weighted by atomic mass is 35.5. The number of pyridine rings is 1. The Morgan fingerprint density at radius 3 is 2.78 bits per heavy atom. The van der Waals surface area contributed by atoms with Crippen molar-refractivity contribution in [2.45, 2.75) is 57.7 Å². The summed E-state index contributed by atoms with van der Waals surface area (Å²) in [5.41, 5.74) is 1.45. The number of hydrogen-bond donors (Lipinski definition) is 0. The molecule has 8 heteroatoms. The predicted octanol–water partition coefficient (Wildman–Crippen LogP) is 4.33. The van der Waals surface area contributed by atoms with Crippen LogP contribution in [0.4, 0.5) is 9.18 Å². The highest BCUT2D eigenvalue weighted by molar-refractivity contribution is 6.30. The van der Waals surface area contributed by atoms with E-state index in [0.29, 0.717) is 28.7 Å². The van der Waals surface area contributed by atoms with Crippen LogP contribution in [0, 0.1) is 5.82 Å². The van der Waals surface area contributed by atoms with Crippen LogP contribution >= 0.6 is 11.6 Å². The van der Waals surface area contributed by atoms with Gasteiger partial charge in [-0.1, -0.05) is 11.6 Å². The Labute approximate surface area is 161 Å². The molecule has 2 aliphatic rings. The number of carbonyl (C=O) groups excluding carboxylic acids is 1. The summed E-state index contributed by atoms with van der Waals surface area (Å²) < 4.78 is 19.1. The van der Waals surface area contributed by atoms with Crippen molar-refractivity contribution in [2.75, 3.05) is 0 Å². The lowest BCUT2D eigenvalue weighted by molar-refractivity contribution is 0.0120. The Bertz CT molecular complexity index is 915. The Kier molecular flexibility index (Phi) is 4.29. The standard InChI is InChI=1S/C19H20ClFN4O2/c1-19(2,3)27-18(26)25-12-4-5-14(25)15-13(7-12)16(20)24-17(23-15)10-6-11(21)9-22-8-10/h6,8-9,12,14H,4-5,7H2,1-3H3. The Balaban J connectivity index is 1.74. The first kappa shape index (κ1) is 18.1. The summed E-state index contributed by atoms with van der Waals surface area (Å²) in [5.74, 6) is -0.165. The molecule has 0 radical (unpaired) electrons. The molecule has 27 heavy (non-hydrogen) atoms. The van der Waals surface area contributed by atoms with Crippen LogP contribution in [0.25, 0.3) is 11.4 Å². The maximum absolute atomic E-state index is 13.5. The molecule has 1 fully saturated rings. The minimum Gasteiger partial charge on any atom is -0.444 e. The lowest BCUT2D eigenvalue weighted by Gasteiger charge is -2.36. The van der Waals surface area contributed by atoms with E-state index in [4.69, 9.17) is 16.3 Å². The van der Waals surface area contributed by atoms with Gasteiger partial charge in [0, 0.05) is 23.4 Å². The highest BCUT2D eigenvalue weighted by Crippen LogP contribution is 2.45. The lowest BCUT2D eigenvalue weighted by atomic mass is 9.99. The summed E-state index contributed by atoms with van der Waals surface area (Å²) in [5, 5.41) is 0.347. The third-order valence-electron chi connectivity index (χ3n) is 4.81. The fourth-order valence-corrected chi connectivity index (χ4v) is 4.03. The minimum absolute atomic E-state index is 0.0279. The van der Waals surface area contributed by atoms with Crippen LogP contribution in [-0.2, 0) is 11.2 Å². The van der Waals surface area contributed by atoms with E-state index < -0.39 is 11.4 Å². The number of fused-ring (bicyclic) bond motifs is 4. The van der Waals surface area contributed by atoms with Gasteiger partial charge in [-0.15, -0.1) is 0 Å². The molecular weight excluding hydrogens is 371 g/mol. The topological polar surface area (TPSA) is 68.2 Å². The van der Waals surface area contributed by atoms with Gasteiger partial charge in [0.2, 0.25) is 0 Å². The summed E-state index contributed by atoms with van der Waals surface area (Å²) in [6.45, 7) is 5.54. The van der Waals surface area contributed by atoms with Gasteiger partial charge in [-0.05, 0) is 46.1 Å². The quantitative estimate of drug-likeness (QED) is 0.678. The first-order chi connectivity index (χ1) is 12.7. The van der Waals surface area contributed by atoms with E-state index in [1.807, 2.05) is 20.8 Å². The second-order valence-electron chi connectivity index (χ2n) is 7.93. The van der Waals surface area contributed by atoms with Gasteiger partial charge in [0.05, 0.1) is 17.9 Å². The molecule has 4 heterocycles. The Morgan fingerprint density at radius 1 is 1.30 bits per heavy atom. The van der Waals surface area contributed by atoms with Crippen LogP contribution in [0.1, 0.15) is 50.9 Å². The molecule has 0 aliphatic carbocycles. The molecule has 2 atom stereocenters. The van der Waals surface area contributed by atoms with Crippen LogP contribution in [0.2, 0.25) is 5.15 Å². The molecule has 1 amide bonds. The Morgan fingerprint density at radius 2 is 2.07 bits per heavy atom. The fraction of sp³-hybridized carbons (Fsp3) is 0.474.